The Balaban J connectivity index is 2.19. The van der Waals surface area contributed by atoms with Crippen molar-refractivity contribution in [1.82, 2.24) is 0 Å². The van der Waals surface area contributed by atoms with E-state index in [0.717, 1.165) is 17.5 Å². The topological polar surface area (TPSA) is 78.4 Å². The van der Waals surface area contributed by atoms with E-state index in [-0.39, 0.29) is 5.69 Å². The number of aryl methyl sites for hydroxylation is 1. The van der Waals surface area contributed by atoms with Crippen molar-refractivity contribution >= 4 is 5.69 Å². The number of rotatable bonds is 5. The van der Waals surface area contributed by atoms with E-state index in [1.54, 1.807) is 13.0 Å². The molecule has 0 saturated carbocycles. The van der Waals surface area contributed by atoms with Crippen LogP contribution in [0.15, 0.2) is 42.5 Å². The number of nitro groups is 1. The van der Waals surface area contributed by atoms with E-state index in [1.807, 2.05) is 24.3 Å². The first kappa shape index (κ1) is 14.0. The van der Waals surface area contributed by atoms with Gasteiger partial charge in [-0.15, -0.1) is 0 Å². The van der Waals surface area contributed by atoms with E-state index in [4.69, 9.17) is 10.5 Å². The van der Waals surface area contributed by atoms with Gasteiger partial charge in [-0.25, -0.2) is 0 Å². The second-order valence-electron chi connectivity index (χ2n) is 4.55. The number of nitrogens with zero attached hydrogens (tertiary/aromatic N) is 1. The van der Waals surface area contributed by atoms with Gasteiger partial charge in [0.05, 0.1) is 11.0 Å². The van der Waals surface area contributed by atoms with Crippen LogP contribution in [0.4, 0.5) is 5.69 Å². The second-order valence-corrected chi connectivity index (χ2v) is 4.55. The largest absolute Gasteiger partial charge is 0.457 e. The number of hydrogen-bond acceptors (Lipinski definition) is 4. The Morgan fingerprint density at radius 3 is 2.45 bits per heavy atom. The summed E-state index contributed by atoms with van der Waals surface area (Å²) in [5.74, 6) is 1.11. The number of nitrogens with two attached hydrogens (primary N) is 1. The van der Waals surface area contributed by atoms with E-state index in [1.165, 1.54) is 12.1 Å². The van der Waals surface area contributed by atoms with Crippen molar-refractivity contribution in [3.63, 3.8) is 0 Å². The summed E-state index contributed by atoms with van der Waals surface area (Å²) in [7, 11) is 0. The van der Waals surface area contributed by atoms with Gasteiger partial charge >= 0.3 is 0 Å². The van der Waals surface area contributed by atoms with Crippen LogP contribution in [0.25, 0.3) is 0 Å². The molecule has 0 unspecified atom stereocenters. The Kier molecular flexibility index (Phi) is 4.32. The van der Waals surface area contributed by atoms with Gasteiger partial charge in [0.2, 0.25) is 0 Å². The summed E-state index contributed by atoms with van der Waals surface area (Å²) < 4.78 is 5.65. The predicted molar refractivity (Wildman–Crippen MR) is 77.1 cm³/mol. The lowest BCUT2D eigenvalue weighted by Gasteiger charge is -2.07. The highest BCUT2D eigenvalue weighted by atomic mass is 16.6. The van der Waals surface area contributed by atoms with Crippen molar-refractivity contribution in [3.05, 3.63) is 63.7 Å². The van der Waals surface area contributed by atoms with Gasteiger partial charge in [-0.3, -0.25) is 10.1 Å². The van der Waals surface area contributed by atoms with Gasteiger partial charge in [-0.1, -0.05) is 12.1 Å². The van der Waals surface area contributed by atoms with E-state index in [0.29, 0.717) is 18.0 Å². The lowest BCUT2D eigenvalue weighted by molar-refractivity contribution is -0.385. The second kappa shape index (κ2) is 6.16. The zero-order valence-electron chi connectivity index (χ0n) is 11.2. The van der Waals surface area contributed by atoms with Crippen molar-refractivity contribution in [1.29, 1.82) is 0 Å². The fraction of sp³-hybridized carbons (Fsp3) is 0.200. The third-order valence-electron chi connectivity index (χ3n) is 2.84. The molecular weight excluding hydrogens is 256 g/mol. The van der Waals surface area contributed by atoms with Gasteiger partial charge in [0.25, 0.3) is 5.69 Å². The molecule has 5 nitrogen and oxygen atoms in total. The number of non-ortho nitro benzene ring substituents is 1. The maximum Gasteiger partial charge on any atom is 0.273 e. The Morgan fingerprint density at radius 2 is 1.85 bits per heavy atom. The fourth-order valence-electron chi connectivity index (χ4n) is 1.92. The first-order valence-corrected chi connectivity index (χ1v) is 6.31. The van der Waals surface area contributed by atoms with E-state index in [2.05, 4.69) is 0 Å². The van der Waals surface area contributed by atoms with Crippen LogP contribution in [0.3, 0.4) is 0 Å². The highest BCUT2D eigenvalue weighted by Gasteiger charge is 2.09. The van der Waals surface area contributed by atoms with Gasteiger partial charge in [-0.2, -0.15) is 0 Å². The SMILES string of the molecule is Cc1cc(Oc2ccc(CCN)cc2)cc([N+](=O)[O-])c1. The van der Waals surface area contributed by atoms with E-state index in [9.17, 15) is 10.1 Å². The third-order valence-corrected chi connectivity index (χ3v) is 2.84. The minimum Gasteiger partial charge on any atom is -0.457 e. The Morgan fingerprint density at radius 1 is 1.15 bits per heavy atom. The molecule has 0 atom stereocenters. The third kappa shape index (κ3) is 3.55. The average molecular weight is 272 g/mol. The quantitative estimate of drug-likeness (QED) is 0.669. The Bertz CT molecular complexity index is 609. The maximum atomic E-state index is 10.8. The molecule has 0 aliphatic rings. The molecule has 2 rings (SSSR count). The number of benzene rings is 2. The standard InChI is InChI=1S/C15H16N2O3/c1-11-8-13(17(18)19)10-15(9-11)20-14-4-2-12(3-5-14)6-7-16/h2-5,8-10H,6-7,16H2,1H3. The van der Waals surface area contributed by atoms with Gasteiger partial charge in [0.1, 0.15) is 11.5 Å². The summed E-state index contributed by atoms with van der Waals surface area (Å²) in [4.78, 5) is 10.4. The first-order valence-electron chi connectivity index (χ1n) is 6.31. The normalized spacial score (nSPS) is 10.3. The summed E-state index contributed by atoms with van der Waals surface area (Å²) in [5.41, 5.74) is 7.44. The molecule has 0 bridgehead atoms. The smallest absolute Gasteiger partial charge is 0.273 e. The molecule has 2 N–H and O–H groups in total. The van der Waals surface area contributed by atoms with E-state index >= 15 is 0 Å². The molecule has 2 aromatic carbocycles. The number of nitro benzene ring substituents is 1. The monoisotopic (exact) mass is 272 g/mol. The average Bonchev–Trinajstić information content (AvgIpc) is 2.40. The molecule has 0 aliphatic heterocycles. The van der Waals surface area contributed by atoms with Crippen molar-refractivity contribution in [3.8, 4) is 11.5 Å². The van der Waals surface area contributed by atoms with Crippen LogP contribution >= 0.6 is 0 Å². The van der Waals surface area contributed by atoms with Crippen LogP contribution in [0.2, 0.25) is 0 Å². The summed E-state index contributed by atoms with van der Waals surface area (Å²) >= 11 is 0. The summed E-state index contributed by atoms with van der Waals surface area (Å²) in [6, 6.07) is 12.2. The molecule has 0 aromatic heterocycles. The maximum absolute atomic E-state index is 10.8. The molecule has 0 radical (unpaired) electrons. The predicted octanol–water partition coefficient (Wildman–Crippen LogP) is 3.20. The lowest BCUT2D eigenvalue weighted by atomic mass is 10.1. The fourth-order valence-corrected chi connectivity index (χ4v) is 1.92. The number of hydrogen-bond donors (Lipinski definition) is 1. The molecule has 0 spiro atoms. The van der Waals surface area contributed by atoms with Gasteiger partial charge in [0.15, 0.2) is 0 Å². The van der Waals surface area contributed by atoms with Crippen molar-refractivity contribution in [2.24, 2.45) is 5.73 Å². The van der Waals surface area contributed by atoms with Crippen molar-refractivity contribution < 1.29 is 9.66 Å². The lowest BCUT2D eigenvalue weighted by Crippen LogP contribution is -2.02. The van der Waals surface area contributed by atoms with Gasteiger partial charge in [0, 0.05) is 6.07 Å². The molecular formula is C15H16N2O3. The molecule has 20 heavy (non-hydrogen) atoms. The van der Waals surface area contributed by atoms with Crippen LogP contribution in [-0.2, 0) is 6.42 Å². The molecule has 104 valence electrons. The first-order chi connectivity index (χ1) is 9.58. The molecule has 2 aromatic rings. The van der Waals surface area contributed by atoms with Crippen LogP contribution in [0, 0.1) is 17.0 Å². The minimum atomic E-state index is -0.426. The number of ether oxygens (including phenoxy) is 1. The minimum absolute atomic E-state index is 0.0275. The van der Waals surface area contributed by atoms with Gasteiger partial charge < -0.3 is 10.5 Å². The molecule has 0 heterocycles. The molecule has 0 aliphatic carbocycles. The zero-order valence-corrected chi connectivity index (χ0v) is 11.2. The van der Waals surface area contributed by atoms with Crippen molar-refractivity contribution in [2.75, 3.05) is 6.54 Å². The van der Waals surface area contributed by atoms with Crippen LogP contribution in [0.1, 0.15) is 11.1 Å². The van der Waals surface area contributed by atoms with Crippen LogP contribution in [-0.4, -0.2) is 11.5 Å². The molecule has 0 fully saturated rings. The summed E-state index contributed by atoms with van der Waals surface area (Å²) in [6.45, 7) is 2.40. The zero-order chi connectivity index (χ0) is 14.5. The van der Waals surface area contributed by atoms with Crippen LogP contribution in [0.5, 0.6) is 11.5 Å². The Hall–Kier alpha value is -2.40. The van der Waals surface area contributed by atoms with E-state index < -0.39 is 4.92 Å². The van der Waals surface area contributed by atoms with Gasteiger partial charge in [-0.05, 0) is 49.2 Å². The summed E-state index contributed by atoms with van der Waals surface area (Å²) in [6.07, 6.45) is 0.816. The highest BCUT2D eigenvalue weighted by molar-refractivity contribution is 5.44. The Labute approximate surface area is 117 Å². The highest BCUT2D eigenvalue weighted by Crippen LogP contribution is 2.27. The summed E-state index contributed by atoms with van der Waals surface area (Å²) in [5, 5.41) is 10.8. The van der Waals surface area contributed by atoms with Crippen LogP contribution < -0.4 is 10.5 Å². The molecule has 0 saturated heterocycles. The molecule has 0 amide bonds. The van der Waals surface area contributed by atoms with Crippen molar-refractivity contribution in [2.45, 2.75) is 13.3 Å². The molecule has 5 heteroatoms.